The number of nitrogens with one attached hydrogen (secondary N) is 1. The van der Waals surface area contributed by atoms with Crippen molar-refractivity contribution in [3.63, 3.8) is 0 Å². The Bertz CT molecular complexity index is 756. The minimum atomic E-state index is -0.461. The van der Waals surface area contributed by atoms with E-state index in [4.69, 9.17) is 0 Å². The van der Waals surface area contributed by atoms with Crippen LogP contribution in [-0.2, 0) is 0 Å². The summed E-state index contributed by atoms with van der Waals surface area (Å²) in [4.78, 5) is 21.7. The highest BCUT2D eigenvalue weighted by molar-refractivity contribution is 14.1. The number of benzene rings is 1. The van der Waals surface area contributed by atoms with Gasteiger partial charge in [0.2, 0.25) is 0 Å². The molecule has 0 aliphatic carbocycles. The average molecular weight is 466 g/mol. The van der Waals surface area contributed by atoms with Crippen LogP contribution in [0, 0.1) is 9.39 Å². The zero-order chi connectivity index (χ0) is 15.1. The first-order valence-corrected chi connectivity index (χ1v) is 8.60. The lowest BCUT2D eigenvalue weighted by molar-refractivity contribution is 0.251. The molecule has 0 bridgehead atoms. The molecule has 1 fully saturated rings. The van der Waals surface area contributed by atoms with E-state index in [0.717, 1.165) is 25.9 Å². The summed E-state index contributed by atoms with van der Waals surface area (Å²) in [6, 6.07) is 1.66. The summed E-state index contributed by atoms with van der Waals surface area (Å²) in [6.45, 7) is 1.93. The lowest BCUT2D eigenvalue weighted by atomic mass is 9.96. The maximum absolute atomic E-state index is 14.4. The van der Waals surface area contributed by atoms with Crippen LogP contribution in [0.25, 0.3) is 10.9 Å². The molecule has 0 amide bonds. The predicted molar refractivity (Wildman–Crippen MR) is 92.2 cm³/mol. The molecule has 1 aromatic heterocycles. The van der Waals surface area contributed by atoms with Gasteiger partial charge in [-0.05, 0) is 77.6 Å². The van der Waals surface area contributed by atoms with Gasteiger partial charge in [0.05, 0.1) is 9.86 Å². The number of H-pyrrole nitrogens is 1. The average Bonchev–Trinajstić information content (AvgIpc) is 2.47. The Labute approximate surface area is 143 Å². The third kappa shape index (κ3) is 2.87. The van der Waals surface area contributed by atoms with Gasteiger partial charge in [0.1, 0.15) is 11.3 Å². The van der Waals surface area contributed by atoms with Crippen LogP contribution in [-0.4, -0.2) is 35.0 Å². The largest absolute Gasteiger partial charge is 0.310 e. The molecular formula is C14H14BrFIN3O. The van der Waals surface area contributed by atoms with Gasteiger partial charge in [0.15, 0.2) is 5.82 Å². The second kappa shape index (κ2) is 5.92. The number of fused-ring (bicyclic) bond motifs is 1. The van der Waals surface area contributed by atoms with E-state index in [1.807, 2.05) is 22.6 Å². The molecule has 1 N–H and O–H groups in total. The van der Waals surface area contributed by atoms with Crippen LogP contribution in [0.5, 0.6) is 0 Å². The van der Waals surface area contributed by atoms with E-state index in [-0.39, 0.29) is 17.0 Å². The lowest BCUT2D eigenvalue weighted by Gasteiger charge is -2.28. The molecule has 3 rings (SSSR count). The van der Waals surface area contributed by atoms with Gasteiger partial charge in [-0.25, -0.2) is 9.37 Å². The summed E-state index contributed by atoms with van der Waals surface area (Å²) in [5.41, 5.74) is -0.113. The summed E-state index contributed by atoms with van der Waals surface area (Å²) in [7, 11) is 2.07. The summed E-state index contributed by atoms with van der Waals surface area (Å²) in [6.07, 6.45) is 1.86. The summed E-state index contributed by atoms with van der Waals surface area (Å²) in [5.74, 6) is 0.334. The fourth-order valence-electron chi connectivity index (χ4n) is 2.68. The topological polar surface area (TPSA) is 49.0 Å². The number of piperidine rings is 1. The van der Waals surface area contributed by atoms with Crippen molar-refractivity contribution in [2.45, 2.75) is 18.8 Å². The van der Waals surface area contributed by atoms with Crippen molar-refractivity contribution >= 4 is 49.4 Å². The minimum absolute atomic E-state index is 0.153. The Kier molecular flexibility index (Phi) is 4.33. The van der Waals surface area contributed by atoms with Crippen LogP contribution in [0.1, 0.15) is 24.6 Å². The third-order valence-corrected chi connectivity index (χ3v) is 6.33. The Hall–Kier alpha value is -0.540. The second-order valence-electron chi connectivity index (χ2n) is 5.41. The normalized spacial score (nSPS) is 17.5. The Morgan fingerprint density at radius 3 is 2.81 bits per heavy atom. The molecular weight excluding hydrogens is 452 g/mol. The summed E-state index contributed by atoms with van der Waals surface area (Å²) in [5, 5.41) is 0.303. The van der Waals surface area contributed by atoms with E-state index in [1.165, 1.54) is 0 Å². The van der Waals surface area contributed by atoms with Gasteiger partial charge in [-0.1, -0.05) is 0 Å². The molecule has 7 heteroatoms. The molecule has 112 valence electrons. The SMILES string of the molecule is CN1CCC(c2nc3c(F)c(Br)c(I)cc3c(=O)[nH]2)CC1. The van der Waals surface area contributed by atoms with Crippen LogP contribution in [0.3, 0.4) is 0 Å². The molecule has 2 aromatic rings. The fourth-order valence-corrected chi connectivity index (χ4v) is 3.53. The zero-order valence-electron chi connectivity index (χ0n) is 11.4. The second-order valence-corrected chi connectivity index (χ2v) is 7.37. The highest BCUT2D eigenvalue weighted by atomic mass is 127. The number of nitrogens with zero attached hydrogens (tertiary/aromatic N) is 2. The predicted octanol–water partition coefficient (Wildman–Crippen LogP) is 3.24. The molecule has 21 heavy (non-hydrogen) atoms. The number of hydrogen-bond donors (Lipinski definition) is 1. The Morgan fingerprint density at radius 1 is 1.48 bits per heavy atom. The van der Waals surface area contributed by atoms with Crippen molar-refractivity contribution in [1.29, 1.82) is 0 Å². The van der Waals surface area contributed by atoms with Crippen molar-refractivity contribution in [1.82, 2.24) is 14.9 Å². The molecule has 0 atom stereocenters. The van der Waals surface area contributed by atoms with Crippen molar-refractivity contribution in [3.8, 4) is 0 Å². The molecule has 4 nitrogen and oxygen atoms in total. The number of aromatic amines is 1. The lowest BCUT2D eigenvalue weighted by Crippen LogP contribution is -2.30. The number of aromatic nitrogens is 2. The molecule has 0 spiro atoms. The number of hydrogen-bond acceptors (Lipinski definition) is 3. The molecule has 1 aliphatic heterocycles. The van der Waals surface area contributed by atoms with Crippen LogP contribution >= 0.6 is 38.5 Å². The molecule has 0 saturated carbocycles. The number of halogens is 3. The molecule has 0 unspecified atom stereocenters. The van der Waals surface area contributed by atoms with Crippen molar-refractivity contribution in [2.24, 2.45) is 0 Å². The van der Waals surface area contributed by atoms with E-state index in [9.17, 15) is 9.18 Å². The van der Waals surface area contributed by atoms with Crippen LogP contribution < -0.4 is 5.56 Å². The first kappa shape index (κ1) is 15.4. The standard InChI is InChI=1S/C14H14BrFIN3O/c1-20-4-2-7(3-5-20)13-18-12-8(14(21)19-13)6-9(17)10(15)11(12)16/h6-7H,2-5H2,1H3,(H,18,19,21). The first-order valence-electron chi connectivity index (χ1n) is 6.73. The highest BCUT2D eigenvalue weighted by Crippen LogP contribution is 2.29. The number of rotatable bonds is 1. The van der Waals surface area contributed by atoms with E-state index >= 15 is 0 Å². The van der Waals surface area contributed by atoms with Crippen LogP contribution in [0.15, 0.2) is 15.3 Å². The number of likely N-dealkylation sites (tertiary alicyclic amines) is 1. The third-order valence-electron chi connectivity index (χ3n) is 3.96. The molecule has 2 heterocycles. The minimum Gasteiger partial charge on any atom is -0.310 e. The maximum Gasteiger partial charge on any atom is 0.258 e. The molecule has 1 aromatic carbocycles. The summed E-state index contributed by atoms with van der Waals surface area (Å²) >= 11 is 5.21. The molecule has 0 radical (unpaired) electrons. The molecule has 1 aliphatic rings. The molecule has 1 saturated heterocycles. The maximum atomic E-state index is 14.4. The fraction of sp³-hybridized carbons (Fsp3) is 0.429. The van der Waals surface area contributed by atoms with E-state index in [2.05, 4.69) is 37.8 Å². The van der Waals surface area contributed by atoms with Gasteiger partial charge in [-0.3, -0.25) is 4.79 Å². The Morgan fingerprint density at radius 2 is 2.14 bits per heavy atom. The zero-order valence-corrected chi connectivity index (χ0v) is 15.2. The Balaban J connectivity index is 2.12. The first-order chi connectivity index (χ1) is 9.97. The highest BCUT2D eigenvalue weighted by Gasteiger charge is 2.22. The van der Waals surface area contributed by atoms with Gasteiger partial charge in [-0.2, -0.15) is 0 Å². The van der Waals surface area contributed by atoms with Crippen molar-refractivity contribution in [3.05, 3.63) is 36.1 Å². The van der Waals surface area contributed by atoms with Crippen LogP contribution in [0.4, 0.5) is 4.39 Å². The van der Waals surface area contributed by atoms with Gasteiger partial charge in [0.25, 0.3) is 5.56 Å². The van der Waals surface area contributed by atoms with Crippen LogP contribution in [0.2, 0.25) is 0 Å². The van der Waals surface area contributed by atoms with E-state index in [0.29, 0.717) is 19.3 Å². The smallest absolute Gasteiger partial charge is 0.258 e. The van der Waals surface area contributed by atoms with Gasteiger partial charge in [0, 0.05) is 9.49 Å². The van der Waals surface area contributed by atoms with E-state index < -0.39 is 5.82 Å². The monoisotopic (exact) mass is 465 g/mol. The van der Waals surface area contributed by atoms with Gasteiger partial charge >= 0.3 is 0 Å². The quantitative estimate of drug-likeness (QED) is 0.519. The van der Waals surface area contributed by atoms with E-state index in [1.54, 1.807) is 6.07 Å². The van der Waals surface area contributed by atoms with Crippen molar-refractivity contribution < 1.29 is 4.39 Å². The van der Waals surface area contributed by atoms with Gasteiger partial charge < -0.3 is 9.88 Å². The van der Waals surface area contributed by atoms with Gasteiger partial charge in [-0.15, -0.1) is 0 Å². The van der Waals surface area contributed by atoms with Crippen molar-refractivity contribution in [2.75, 3.05) is 20.1 Å². The summed E-state index contributed by atoms with van der Waals surface area (Å²) < 4.78 is 15.4.